The van der Waals surface area contributed by atoms with E-state index < -0.39 is 4.92 Å². The van der Waals surface area contributed by atoms with Crippen molar-refractivity contribution in [1.82, 2.24) is 20.0 Å². The molecule has 0 saturated carbocycles. The summed E-state index contributed by atoms with van der Waals surface area (Å²) in [6, 6.07) is -0.0252. The molecule has 0 spiro atoms. The Hall–Kier alpha value is -2.20. The first-order valence-electron chi connectivity index (χ1n) is 9.29. The van der Waals surface area contributed by atoms with Crippen LogP contribution in [-0.2, 0) is 16.1 Å². The van der Waals surface area contributed by atoms with Crippen LogP contribution in [0.4, 0.5) is 5.69 Å². The third-order valence-electron chi connectivity index (χ3n) is 4.92. The van der Waals surface area contributed by atoms with Crippen molar-refractivity contribution < 1.29 is 14.5 Å². The maximum absolute atomic E-state index is 12.7. The van der Waals surface area contributed by atoms with Crippen molar-refractivity contribution >= 4 is 29.9 Å². The third kappa shape index (κ3) is 5.90. The number of nitro groups is 1. The van der Waals surface area contributed by atoms with Gasteiger partial charge in [0.2, 0.25) is 11.8 Å². The number of amides is 2. The Morgan fingerprint density at radius 1 is 1.32 bits per heavy atom. The summed E-state index contributed by atoms with van der Waals surface area (Å²) in [5.74, 6) is -0.131. The van der Waals surface area contributed by atoms with Gasteiger partial charge in [-0.25, -0.2) is 0 Å². The van der Waals surface area contributed by atoms with Crippen LogP contribution in [0.15, 0.2) is 0 Å². The van der Waals surface area contributed by atoms with Crippen molar-refractivity contribution in [2.75, 3.05) is 19.6 Å². The van der Waals surface area contributed by atoms with Crippen LogP contribution in [0.5, 0.6) is 0 Å². The molecule has 1 saturated heterocycles. The summed E-state index contributed by atoms with van der Waals surface area (Å²) < 4.78 is 1.52. The number of likely N-dealkylation sites (tertiary alicyclic amines) is 1. The predicted octanol–water partition coefficient (Wildman–Crippen LogP) is 1.07. The number of nitrogens with zero attached hydrogens (tertiary/aromatic N) is 4. The Bertz CT molecular complexity index is 708. The van der Waals surface area contributed by atoms with Gasteiger partial charge in [-0.05, 0) is 33.1 Å². The van der Waals surface area contributed by atoms with Crippen molar-refractivity contribution in [3.8, 4) is 0 Å². The molecule has 0 radical (unpaired) electrons. The number of nitrogens with two attached hydrogens (primary N) is 1. The topological polar surface area (TPSA) is 136 Å². The third-order valence-corrected chi connectivity index (χ3v) is 4.92. The van der Waals surface area contributed by atoms with Gasteiger partial charge < -0.3 is 16.0 Å². The lowest BCUT2D eigenvalue weighted by molar-refractivity contribution is -0.386. The van der Waals surface area contributed by atoms with Crippen molar-refractivity contribution in [3.63, 3.8) is 0 Å². The number of rotatable bonds is 8. The molecule has 2 heterocycles. The quantitative estimate of drug-likeness (QED) is 0.480. The highest BCUT2D eigenvalue weighted by molar-refractivity contribution is 5.85. The maximum Gasteiger partial charge on any atom is 0.312 e. The van der Waals surface area contributed by atoms with Crippen LogP contribution in [-0.4, -0.2) is 57.1 Å². The van der Waals surface area contributed by atoms with Gasteiger partial charge >= 0.3 is 5.69 Å². The Kier molecular flexibility index (Phi) is 9.33. The Labute approximate surface area is 170 Å². The van der Waals surface area contributed by atoms with E-state index in [1.807, 2.05) is 4.90 Å². The average Bonchev–Trinajstić information content (AvgIpc) is 2.92. The zero-order valence-corrected chi connectivity index (χ0v) is 17.2. The monoisotopic (exact) mass is 416 g/mol. The fraction of sp³-hybridized carbons (Fsp3) is 0.706. The molecule has 1 aliphatic heterocycles. The number of carbonyl (C=O) groups excluding carboxylic acids is 2. The van der Waals surface area contributed by atoms with Gasteiger partial charge in [0, 0.05) is 38.5 Å². The number of hydrogen-bond donors (Lipinski definition) is 2. The van der Waals surface area contributed by atoms with E-state index in [9.17, 15) is 19.7 Å². The second-order valence-electron chi connectivity index (χ2n) is 6.83. The second-order valence-corrected chi connectivity index (χ2v) is 6.83. The molecule has 2 rings (SSSR count). The van der Waals surface area contributed by atoms with E-state index in [1.54, 1.807) is 13.8 Å². The number of halogens is 1. The molecular formula is C17H29ClN6O4. The van der Waals surface area contributed by atoms with E-state index in [0.717, 1.165) is 19.3 Å². The number of hydrogen-bond acceptors (Lipinski definition) is 6. The minimum absolute atomic E-state index is 0. The number of aromatic nitrogens is 2. The zero-order chi connectivity index (χ0) is 20.0. The van der Waals surface area contributed by atoms with Crippen molar-refractivity contribution in [1.29, 1.82) is 0 Å². The molecule has 28 heavy (non-hydrogen) atoms. The fourth-order valence-electron chi connectivity index (χ4n) is 3.51. The summed E-state index contributed by atoms with van der Waals surface area (Å²) in [6.07, 6.45) is 3.29. The fourth-order valence-corrected chi connectivity index (χ4v) is 3.51. The van der Waals surface area contributed by atoms with Crippen LogP contribution >= 0.6 is 12.4 Å². The Morgan fingerprint density at radius 3 is 2.64 bits per heavy atom. The van der Waals surface area contributed by atoms with Gasteiger partial charge in [0.05, 0.1) is 11.5 Å². The summed E-state index contributed by atoms with van der Waals surface area (Å²) in [6.45, 7) is 4.91. The highest BCUT2D eigenvalue weighted by Gasteiger charge is 2.27. The van der Waals surface area contributed by atoms with Crippen molar-refractivity contribution in [2.24, 2.45) is 5.73 Å². The molecule has 0 aromatic carbocycles. The van der Waals surface area contributed by atoms with Gasteiger partial charge in [-0.1, -0.05) is 0 Å². The molecule has 1 aromatic rings. The second kappa shape index (κ2) is 11.0. The van der Waals surface area contributed by atoms with E-state index in [0.29, 0.717) is 37.6 Å². The largest absolute Gasteiger partial charge is 0.354 e. The summed E-state index contributed by atoms with van der Waals surface area (Å²) in [5, 5.41) is 18.1. The number of nitrogens with one attached hydrogen (secondary N) is 1. The van der Waals surface area contributed by atoms with E-state index in [2.05, 4.69) is 10.4 Å². The molecule has 10 nitrogen and oxygen atoms in total. The van der Waals surface area contributed by atoms with Crippen LogP contribution < -0.4 is 11.1 Å². The highest BCUT2D eigenvalue weighted by atomic mass is 35.5. The van der Waals surface area contributed by atoms with Crippen molar-refractivity contribution in [2.45, 2.75) is 58.5 Å². The first-order valence-corrected chi connectivity index (χ1v) is 9.29. The predicted molar refractivity (Wildman–Crippen MR) is 106 cm³/mol. The molecule has 2 amide bonds. The minimum atomic E-state index is -0.444. The summed E-state index contributed by atoms with van der Waals surface area (Å²) in [7, 11) is 0. The van der Waals surface area contributed by atoms with E-state index in [4.69, 9.17) is 5.73 Å². The smallest absolute Gasteiger partial charge is 0.312 e. The van der Waals surface area contributed by atoms with Crippen molar-refractivity contribution in [3.05, 3.63) is 21.5 Å². The molecule has 158 valence electrons. The maximum atomic E-state index is 12.7. The number of carbonyl (C=O) groups is 2. The van der Waals surface area contributed by atoms with Gasteiger partial charge in [0.25, 0.3) is 0 Å². The molecular weight excluding hydrogens is 388 g/mol. The van der Waals surface area contributed by atoms with E-state index >= 15 is 0 Å². The van der Waals surface area contributed by atoms with Gasteiger partial charge in [0.1, 0.15) is 11.4 Å². The lowest BCUT2D eigenvalue weighted by atomic mass is 10.0. The summed E-state index contributed by atoms with van der Waals surface area (Å²) >= 11 is 0. The van der Waals surface area contributed by atoms with Gasteiger partial charge in [-0.3, -0.25) is 24.4 Å². The van der Waals surface area contributed by atoms with E-state index in [1.165, 1.54) is 4.68 Å². The SMILES string of the molecule is Cc1nn(CCC(=O)N2CCCCC2CNC(=O)CCN)c(C)c1[N+](=O)[O-].Cl. The summed E-state index contributed by atoms with van der Waals surface area (Å²) in [4.78, 5) is 36.8. The Balaban J connectivity index is 0.00000392. The highest BCUT2D eigenvalue weighted by Crippen LogP contribution is 2.22. The lowest BCUT2D eigenvalue weighted by Gasteiger charge is -2.36. The van der Waals surface area contributed by atoms with Crippen LogP contribution in [0, 0.1) is 24.0 Å². The Morgan fingerprint density at radius 2 is 2.04 bits per heavy atom. The van der Waals surface area contributed by atoms with Gasteiger partial charge in [-0.15, -0.1) is 12.4 Å². The number of aryl methyl sites for hydroxylation is 2. The van der Waals surface area contributed by atoms with Crippen LogP contribution in [0.3, 0.4) is 0 Å². The molecule has 1 aromatic heterocycles. The zero-order valence-electron chi connectivity index (χ0n) is 16.3. The minimum Gasteiger partial charge on any atom is -0.354 e. The molecule has 1 atom stereocenters. The molecule has 1 unspecified atom stereocenters. The molecule has 3 N–H and O–H groups in total. The molecule has 11 heteroatoms. The van der Waals surface area contributed by atoms with Crippen LogP contribution in [0.1, 0.15) is 43.5 Å². The first kappa shape index (κ1) is 23.8. The molecule has 0 bridgehead atoms. The summed E-state index contributed by atoms with van der Waals surface area (Å²) in [5.41, 5.74) is 6.18. The van der Waals surface area contributed by atoms with Crippen LogP contribution in [0.25, 0.3) is 0 Å². The van der Waals surface area contributed by atoms with Crippen LogP contribution in [0.2, 0.25) is 0 Å². The lowest BCUT2D eigenvalue weighted by Crippen LogP contribution is -2.49. The number of piperidine rings is 1. The molecule has 1 fully saturated rings. The van der Waals surface area contributed by atoms with Gasteiger partial charge in [0.15, 0.2) is 0 Å². The standard InChI is InChI=1S/C17H28N6O4.ClH/c1-12-17(23(26)27)13(2)22(20-12)10-7-16(25)21-9-4-3-5-14(21)11-19-15(24)6-8-18;/h14H,3-11,18H2,1-2H3,(H,19,24);1H. The van der Waals surface area contributed by atoms with E-state index in [-0.39, 0.29) is 48.8 Å². The average molecular weight is 417 g/mol. The normalized spacial score (nSPS) is 16.4. The van der Waals surface area contributed by atoms with Gasteiger partial charge in [-0.2, -0.15) is 5.10 Å². The molecule has 0 aliphatic carbocycles. The first-order chi connectivity index (χ1) is 12.8. The molecule has 1 aliphatic rings.